The Balaban J connectivity index is 1.52. The van der Waals surface area contributed by atoms with Gasteiger partial charge < -0.3 is 23.2 Å². The number of carbonyl (C=O) groups is 3. The molecule has 3 aromatic rings. The van der Waals surface area contributed by atoms with Crippen molar-refractivity contribution in [2.75, 3.05) is 13.7 Å². The fraction of sp³-hybridized carbons (Fsp3) is 0.217. The lowest BCUT2D eigenvalue weighted by Crippen LogP contribution is -2.33. The highest BCUT2D eigenvalue weighted by atomic mass is 16.5. The number of nitrogens with one attached hydrogen (secondary N) is 1. The van der Waals surface area contributed by atoms with Crippen molar-refractivity contribution in [3.63, 3.8) is 0 Å². The van der Waals surface area contributed by atoms with Crippen molar-refractivity contribution in [1.29, 1.82) is 0 Å². The van der Waals surface area contributed by atoms with Crippen molar-refractivity contribution >= 4 is 23.9 Å². The monoisotopic (exact) mass is 454 g/mol. The lowest BCUT2D eigenvalue weighted by Gasteiger charge is -2.11. The van der Waals surface area contributed by atoms with Gasteiger partial charge in [0, 0.05) is 6.08 Å². The minimum atomic E-state index is -0.778. The first kappa shape index (κ1) is 23.3. The first-order valence-electron chi connectivity index (χ1n) is 9.82. The molecule has 33 heavy (non-hydrogen) atoms. The number of methoxy groups -OCH3 is 1. The number of hydrogen-bond acceptors (Lipinski definition) is 9. The fourth-order valence-corrected chi connectivity index (χ4v) is 2.75. The Kier molecular flexibility index (Phi) is 7.64. The lowest BCUT2D eigenvalue weighted by molar-refractivity contribution is -0.143. The summed E-state index contributed by atoms with van der Waals surface area (Å²) < 4.78 is 26.0. The van der Waals surface area contributed by atoms with E-state index >= 15 is 0 Å². The molecule has 2 amide bonds. The second kappa shape index (κ2) is 10.8. The number of imide groups is 1. The Hall–Kier alpha value is -4.34. The van der Waals surface area contributed by atoms with Crippen LogP contribution in [0.15, 0.2) is 51.6 Å². The summed E-state index contributed by atoms with van der Waals surface area (Å²) in [5.41, 5.74) is 2.26. The van der Waals surface area contributed by atoms with Crippen LogP contribution >= 0.6 is 0 Å². The summed E-state index contributed by atoms with van der Waals surface area (Å²) in [6.45, 7) is 3.29. The molecule has 0 spiro atoms. The molecule has 10 nitrogen and oxygen atoms in total. The van der Waals surface area contributed by atoms with Gasteiger partial charge in [-0.1, -0.05) is 11.2 Å². The third-order valence-electron chi connectivity index (χ3n) is 4.50. The third-order valence-corrected chi connectivity index (χ3v) is 4.50. The summed E-state index contributed by atoms with van der Waals surface area (Å²) >= 11 is 0. The molecule has 0 aliphatic carbocycles. The Morgan fingerprint density at radius 2 is 1.97 bits per heavy atom. The number of carbonyl (C=O) groups excluding carboxylic acids is 3. The van der Waals surface area contributed by atoms with Gasteiger partial charge in [0.05, 0.1) is 24.6 Å². The van der Waals surface area contributed by atoms with E-state index in [0.29, 0.717) is 22.8 Å². The van der Waals surface area contributed by atoms with E-state index in [1.54, 1.807) is 18.2 Å². The number of benzene rings is 1. The molecule has 3 rings (SSSR count). The summed E-state index contributed by atoms with van der Waals surface area (Å²) in [5, 5.41) is 5.94. The van der Waals surface area contributed by atoms with Crippen LogP contribution in [0, 0.1) is 13.8 Å². The van der Waals surface area contributed by atoms with Gasteiger partial charge in [0.25, 0.3) is 11.8 Å². The zero-order valence-corrected chi connectivity index (χ0v) is 18.2. The van der Waals surface area contributed by atoms with Crippen molar-refractivity contribution < 1.29 is 37.5 Å². The molecular formula is C23H22N2O8. The van der Waals surface area contributed by atoms with Crippen LogP contribution < -0.4 is 14.8 Å². The van der Waals surface area contributed by atoms with E-state index < -0.39 is 24.4 Å². The fourth-order valence-electron chi connectivity index (χ4n) is 2.75. The van der Waals surface area contributed by atoms with Crippen LogP contribution in [0.1, 0.15) is 33.1 Å². The van der Waals surface area contributed by atoms with Crippen LogP contribution in [0.4, 0.5) is 0 Å². The third kappa shape index (κ3) is 6.33. The SMILES string of the molecule is COc1cc(/C=C/C(=O)OCC(=O)NC(=O)c2ccco2)ccc1OCc1c(C)noc1C. The average molecular weight is 454 g/mol. The number of ether oxygens (including phenoxy) is 3. The minimum Gasteiger partial charge on any atom is -0.493 e. The maximum atomic E-state index is 11.9. The molecular weight excluding hydrogens is 432 g/mol. The van der Waals surface area contributed by atoms with Gasteiger partial charge in [0.1, 0.15) is 12.4 Å². The van der Waals surface area contributed by atoms with Crippen LogP contribution in [0.25, 0.3) is 6.08 Å². The molecule has 2 aromatic heterocycles. The highest BCUT2D eigenvalue weighted by Gasteiger charge is 2.14. The standard InChI is InChI=1S/C23H22N2O8/c1-14-17(15(2)33-25-14)12-31-18-8-6-16(11-20(18)29-3)7-9-22(27)32-13-21(26)24-23(28)19-5-4-10-30-19/h4-11H,12-13H2,1-3H3,(H,24,26,28)/b9-7+. The van der Waals surface area contributed by atoms with E-state index in [1.165, 1.54) is 31.6 Å². The van der Waals surface area contributed by atoms with Crippen LogP contribution in [-0.2, 0) is 20.9 Å². The van der Waals surface area contributed by atoms with Gasteiger partial charge in [-0.3, -0.25) is 14.9 Å². The Morgan fingerprint density at radius 3 is 2.64 bits per heavy atom. The number of hydrogen-bond donors (Lipinski definition) is 1. The molecule has 0 saturated carbocycles. The second-order valence-electron chi connectivity index (χ2n) is 6.80. The van der Waals surface area contributed by atoms with E-state index in [4.69, 9.17) is 23.2 Å². The number of aryl methyl sites for hydroxylation is 2. The van der Waals surface area contributed by atoms with Crippen LogP contribution in [0.2, 0.25) is 0 Å². The largest absolute Gasteiger partial charge is 0.493 e. The molecule has 0 atom stereocenters. The molecule has 1 N–H and O–H groups in total. The first-order valence-corrected chi connectivity index (χ1v) is 9.82. The molecule has 0 radical (unpaired) electrons. The molecule has 2 heterocycles. The number of aromatic nitrogens is 1. The second-order valence-corrected chi connectivity index (χ2v) is 6.80. The Labute approximate surface area is 189 Å². The summed E-state index contributed by atoms with van der Waals surface area (Å²) in [6.07, 6.45) is 3.95. The Bertz CT molecular complexity index is 1140. The smallest absolute Gasteiger partial charge is 0.331 e. The van der Waals surface area contributed by atoms with Crippen molar-refractivity contribution in [3.8, 4) is 11.5 Å². The highest BCUT2D eigenvalue weighted by molar-refractivity contribution is 6.03. The molecule has 172 valence electrons. The molecule has 10 heteroatoms. The topological polar surface area (TPSA) is 130 Å². The van der Waals surface area contributed by atoms with Crippen molar-refractivity contribution in [2.24, 2.45) is 0 Å². The number of amides is 2. The van der Waals surface area contributed by atoms with Crippen molar-refractivity contribution in [2.45, 2.75) is 20.5 Å². The molecule has 1 aromatic carbocycles. The summed E-state index contributed by atoms with van der Waals surface area (Å²) in [7, 11) is 1.50. The van der Waals surface area contributed by atoms with E-state index in [0.717, 1.165) is 17.3 Å². The van der Waals surface area contributed by atoms with Crippen LogP contribution in [0.3, 0.4) is 0 Å². The molecule has 0 bridgehead atoms. The van der Waals surface area contributed by atoms with Crippen molar-refractivity contribution in [1.82, 2.24) is 10.5 Å². The maximum Gasteiger partial charge on any atom is 0.331 e. The summed E-state index contributed by atoms with van der Waals surface area (Å²) in [5.74, 6) is -0.623. The number of furan rings is 1. The predicted molar refractivity (Wildman–Crippen MR) is 114 cm³/mol. The van der Waals surface area contributed by atoms with Gasteiger partial charge in [-0.25, -0.2) is 4.79 Å². The summed E-state index contributed by atoms with van der Waals surface area (Å²) in [4.78, 5) is 35.3. The molecule has 0 aliphatic rings. The van der Waals surface area contributed by atoms with Crippen LogP contribution in [0.5, 0.6) is 11.5 Å². The highest BCUT2D eigenvalue weighted by Crippen LogP contribution is 2.30. The van der Waals surface area contributed by atoms with Gasteiger partial charge >= 0.3 is 5.97 Å². The van der Waals surface area contributed by atoms with Crippen molar-refractivity contribution in [3.05, 3.63) is 71.0 Å². The molecule has 0 fully saturated rings. The molecule has 0 aliphatic heterocycles. The quantitative estimate of drug-likeness (QED) is 0.383. The van der Waals surface area contributed by atoms with Gasteiger partial charge in [-0.2, -0.15) is 0 Å². The van der Waals surface area contributed by atoms with E-state index in [2.05, 4.69) is 5.16 Å². The number of nitrogens with zero attached hydrogens (tertiary/aromatic N) is 1. The van der Waals surface area contributed by atoms with Gasteiger partial charge in [0.15, 0.2) is 23.9 Å². The zero-order chi connectivity index (χ0) is 23.8. The number of esters is 1. The molecule has 0 saturated heterocycles. The average Bonchev–Trinajstić information content (AvgIpc) is 3.45. The Morgan fingerprint density at radius 1 is 1.15 bits per heavy atom. The number of rotatable bonds is 9. The minimum absolute atomic E-state index is 0.0253. The van der Waals surface area contributed by atoms with E-state index in [-0.39, 0.29) is 12.4 Å². The zero-order valence-electron chi connectivity index (χ0n) is 18.2. The van der Waals surface area contributed by atoms with Gasteiger partial charge in [-0.05, 0) is 49.8 Å². The predicted octanol–water partition coefficient (Wildman–Crippen LogP) is 2.99. The molecule has 0 unspecified atom stereocenters. The lowest BCUT2D eigenvalue weighted by atomic mass is 10.2. The normalized spacial score (nSPS) is 10.8. The summed E-state index contributed by atoms with van der Waals surface area (Å²) in [6, 6.07) is 8.02. The van der Waals surface area contributed by atoms with E-state index in [1.807, 2.05) is 19.2 Å². The first-order chi connectivity index (χ1) is 15.9. The van der Waals surface area contributed by atoms with Crippen LogP contribution in [-0.4, -0.2) is 36.7 Å². The maximum absolute atomic E-state index is 11.9. The van der Waals surface area contributed by atoms with E-state index in [9.17, 15) is 14.4 Å². The van der Waals surface area contributed by atoms with Gasteiger partial charge in [-0.15, -0.1) is 0 Å². The van der Waals surface area contributed by atoms with Gasteiger partial charge in [0.2, 0.25) is 0 Å².